The van der Waals surface area contributed by atoms with Crippen molar-refractivity contribution >= 4 is 45.5 Å². The number of ether oxygens (including phenoxy) is 2. The molecule has 0 unspecified atom stereocenters. The van der Waals surface area contributed by atoms with Crippen molar-refractivity contribution in [2.24, 2.45) is 17.8 Å². The molecule has 1 aliphatic heterocycles. The molecule has 5 atom stereocenters. The summed E-state index contributed by atoms with van der Waals surface area (Å²) < 4.78 is 37.6. The molecule has 4 amide bonds. The molecule has 4 aliphatic rings. The van der Waals surface area contributed by atoms with Gasteiger partial charge in [0, 0.05) is 25.2 Å². The minimum atomic E-state index is -3.84. The summed E-state index contributed by atoms with van der Waals surface area (Å²) >= 11 is 0. The Balaban J connectivity index is 1.33. The lowest BCUT2D eigenvalue weighted by Crippen LogP contribution is -2.54. The van der Waals surface area contributed by atoms with Crippen LogP contribution < -0.4 is 15.4 Å². The van der Waals surface area contributed by atoms with E-state index < -0.39 is 62.6 Å². The van der Waals surface area contributed by atoms with Crippen molar-refractivity contribution in [3.8, 4) is 0 Å². The molecular formula is C30H38N4O9S. The summed E-state index contributed by atoms with van der Waals surface area (Å²) in [6.07, 6.45) is 5.74. The number of hydrogen-bond acceptors (Lipinski definition) is 9. The van der Waals surface area contributed by atoms with Gasteiger partial charge in [0.05, 0.1) is 29.8 Å². The van der Waals surface area contributed by atoms with E-state index in [0.717, 1.165) is 12.8 Å². The first-order valence-corrected chi connectivity index (χ1v) is 16.4. The fourth-order valence-corrected chi connectivity index (χ4v) is 7.40. The zero-order valence-corrected chi connectivity index (χ0v) is 25.6. The van der Waals surface area contributed by atoms with Gasteiger partial charge < -0.3 is 19.7 Å². The number of anilines is 1. The molecule has 5 rings (SSSR count). The monoisotopic (exact) mass is 630 g/mol. The van der Waals surface area contributed by atoms with E-state index in [2.05, 4.69) is 15.4 Å². The Morgan fingerprint density at radius 1 is 1.09 bits per heavy atom. The van der Waals surface area contributed by atoms with Crippen molar-refractivity contribution in [3.05, 3.63) is 42.0 Å². The lowest BCUT2D eigenvalue weighted by Gasteiger charge is -2.26. The van der Waals surface area contributed by atoms with Crippen LogP contribution in [0.2, 0.25) is 0 Å². The zero-order valence-electron chi connectivity index (χ0n) is 24.7. The van der Waals surface area contributed by atoms with E-state index in [1.807, 2.05) is 12.2 Å². The van der Waals surface area contributed by atoms with Crippen molar-refractivity contribution < 1.29 is 41.9 Å². The second-order valence-corrected chi connectivity index (χ2v) is 14.0. The molecule has 0 spiro atoms. The van der Waals surface area contributed by atoms with E-state index in [-0.39, 0.29) is 36.7 Å². The predicted molar refractivity (Wildman–Crippen MR) is 158 cm³/mol. The maximum Gasteiger partial charge on any atom is 0.411 e. The first-order chi connectivity index (χ1) is 20.9. The number of allylic oxidation sites excluding steroid dienone is 1. The summed E-state index contributed by atoms with van der Waals surface area (Å²) in [7, 11) is -0.926. The largest absolute Gasteiger partial charge is 0.465 e. The predicted octanol–water partition coefficient (Wildman–Crippen LogP) is 2.10. The minimum Gasteiger partial charge on any atom is -0.465 e. The normalized spacial score (nSPS) is 29.6. The van der Waals surface area contributed by atoms with Crippen molar-refractivity contribution in [2.45, 2.75) is 68.3 Å². The number of hydrogen-bond donors (Lipinski definition) is 3. The second kappa shape index (κ2) is 12.6. The highest BCUT2D eigenvalue weighted by molar-refractivity contribution is 7.91. The Labute approximate surface area is 256 Å². The molecule has 3 fully saturated rings. The third-order valence-corrected chi connectivity index (χ3v) is 10.6. The van der Waals surface area contributed by atoms with E-state index in [1.54, 1.807) is 24.1 Å². The number of benzene rings is 1. The number of carbonyl (C=O) groups excluding carboxylic acids is 5. The number of sulfonamides is 1. The Hall–Kier alpha value is -3.94. The summed E-state index contributed by atoms with van der Waals surface area (Å²) in [5.74, 6) is -4.30. The quantitative estimate of drug-likeness (QED) is 0.314. The van der Waals surface area contributed by atoms with Crippen LogP contribution in [0.3, 0.4) is 0 Å². The molecule has 1 heterocycles. The molecule has 44 heavy (non-hydrogen) atoms. The zero-order chi connectivity index (χ0) is 31.6. The van der Waals surface area contributed by atoms with Crippen LogP contribution in [0.4, 0.5) is 10.5 Å². The van der Waals surface area contributed by atoms with Crippen LogP contribution in [0, 0.1) is 17.8 Å². The van der Waals surface area contributed by atoms with E-state index in [0.29, 0.717) is 31.5 Å². The van der Waals surface area contributed by atoms with Gasteiger partial charge in [-0.2, -0.15) is 0 Å². The smallest absolute Gasteiger partial charge is 0.411 e. The maximum absolute atomic E-state index is 13.8. The standard InChI is InChI=1S/C30H38N4O9S/c1-34-13-6-4-3-5-9-19-17-30(19,28(38)33-44(40,41)22-11-12-22)32-25(35)23-15-21(16-24(23)26(34)36)43-29(39)31-20-10-7-8-18(14-20)27(37)42-2/h5,7-10,14,19,21-24H,3-4,6,11-13,15-17H2,1-2H3,(H,31,39)(H,32,35)(H,33,38)/b9-5-/t19-,21+,23+,24+,30+/m0/s1. The van der Waals surface area contributed by atoms with Crippen molar-refractivity contribution in [1.29, 1.82) is 0 Å². The molecule has 13 nitrogen and oxygen atoms in total. The Morgan fingerprint density at radius 3 is 2.57 bits per heavy atom. The molecule has 3 N–H and O–H groups in total. The molecule has 14 heteroatoms. The Bertz CT molecular complexity index is 1470. The molecule has 1 aromatic carbocycles. The molecule has 3 saturated carbocycles. The molecule has 0 saturated heterocycles. The van der Waals surface area contributed by atoms with E-state index in [1.165, 1.54) is 19.2 Å². The maximum atomic E-state index is 13.8. The van der Waals surface area contributed by atoms with Gasteiger partial charge in [-0.1, -0.05) is 18.2 Å². The number of rotatable bonds is 6. The van der Waals surface area contributed by atoms with Gasteiger partial charge in [-0.15, -0.1) is 0 Å². The Morgan fingerprint density at radius 2 is 1.84 bits per heavy atom. The second-order valence-electron chi connectivity index (χ2n) is 12.0. The summed E-state index contributed by atoms with van der Waals surface area (Å²) in [6.45, 7) is 0.495. The number of nitrogens with one attached hydrogen (secondary N) is 3. The van der Waals surface area contributed by atoms with Crippen LogP contribution in [0.1, 0.15) is 61.7 Å². The van der Waals surface area contributed by atoms with Gasteiger partial charge in [0.25, 0.3) is 5.91 Å². The first kappa shape index (κ1) is 31.5. The summed E-state index contributed by atoms with van der Waals surface area (Å²) in [6, 6.07) is 6.10. The van der Waals surface area contributed by atoms with Gasteiger partial charge in [-0.25, -0.2) is 18.0 Å². The fourth-order valence-electron chi connectivity index (χ4n) is 6.03. The number of esters is 1. The number of nitrogens with zero attached hydrogens (tertiary/aromatic N) is 1. The number of carbonyl (C=O) groups is 5. The lowest BCUT2D eigenvalue weighted by atomic mass is 9.93. The molecule has 0 aromatic heterocycles. The van der Waals surface area contributed by atoms with Gasteiger partial charge in [0.2, 0.25) is 21.8 Å². The average molecular weight is 631 g/mol. The Kier molecular flexibility index (Phi) is 9.00. The van der Waals surface area contributed by atoms with Crippen LogP contribution in [0.25, 0.3) is 0 Å². The van der Waals surface area contributed by atoms with Crippen LogP contribution >= 0.6 is 0 Å². The van der Waals surface area contributed by atoms with Gasteiger partial charge in [-0.05, 0) is 69.6 Å². The molecule has 238 valence electrons. The molecule has 3 aliphatic carbocycles. The third kappa shape index (κ3) is 6.90. The average Bonchev–Trinajstić information content (AvgIpc) is 3.91. The van der Waals surface area contributed by atoms with Crippen LogP contribution in [0.15, 0.2) is 36.4 Å². The molecule has 0 radical (unpaired) electrons. The highest BCUT2D eigenvalue weighted by Gasteiger charge is 2.62. The number of methoxy groups -OCH3 is 1. The van der Waals surface area contributed by atoms with E-state index >= 15 is 0 Å². The summed E-state index contributed by atoms with van der Waals surface area (Å²) in [5, 5.41) is 4.77. The van der Waals surface area contributed by atoms with Gasteiger partial charge in [0.15, 0.2) is 0 Å². The molecule has 1 aromatic rings. The highest BCUT2D eigenvalue weighted by Crippen LogP contribution is 2.47. The number of amides is 4. The number of fused-ring (bicyclic) bond motifs is 2. The van der Waals surface area contributed by atoms with E-state index in [4.69, 9.17) is 9.47 Å². The van der Waals surface area contributed by atoms with Crippen molar-refractivity contribution in [3.63, 3.8) is 0 Å². The van der Waals surface area contributed by atoms with Crippen molar-refractivity contribution in [1.82, 2.24) is 14.9 Å². The van der Waals surface area contributed by atoms with Gasteiger partial charge in [-0.3, -0.25) is 24.4 Å². The van der Waals surface area contributed by atoms with Crippen LogP contribution in [-0.4, -0.2) is 80.7 Å². The topological polar surface area (TPSA) is 177 Å². The molecular weight excluding hydrogens is 592 g/mol. The molecule has 0 bridgehead atoms. The first-order valence-electron chi connectivity index (χ1n) is 14.9. The summed E-state index contributed by atoms with van der Waals surface area (Å²) in [4.78, 5) is 66.9. The van der Waals surface area contributed by atoms with Crippen molar-refractivity contribution in [2.75, 3.05) is 26.0 Å². The van der Waals surface area contributed by atoms with Gasteiger partial charge in [0.1, 0.15) is 11.6 Å². The van der Waals surface area contributed by atoms with Gasteiger partial charge >= 0.3 is 12.1 Å². The lowest BCUT2D eigenvalue weighted by molar-refractivity contribution is -0.140. The third-order valence-electron chi connectivity index (χ3n) is 8.80. The fraction of sp³-hybridized carbons (Fsp3) is 0.567. The van der Waals surface area contributed by atoms with Crippen LogP contribution in [-0.2, 0) is 33.9 Å². The van der Waals surface area contributed by atoms with Crippen LogP contribution in [0.5, 0.6) is 0 Å². The SMILES string of the molecule is COC(=O)c1cccc(NC(=O)O[C@@H]2C[C@H]3C(=O)N[C@]4(C(=O)NS(=O)(=O)C5CC5)C[C@@H]4/C=C\CCCCN(C)C(=O)[C@@H]3C2)c1. The highest BCUT2D eigenvalue weighted by atomic mass is 32.2. The summed E-state index contributed by atoms with van der Waals surface area (Å²) in [5.41, 5.74) is -0.915. The minimum absolute atomic E-state index is 0.0320. The van der Waals surface area contributed by atoms with E-state index in [9.17, 15) is 32.4 Å².